The van der Waals surface area contributed by atoms with E-state index in [-0.39, 0.29) is 6.04 Å². The molecule has 2 N–H and O–H groups in total. The molecule has 1 aromatic heterocycles. The fourth-order valence-electron chi connectivity index (χ4n) is 4.26. The van der Waals surface area contributed by atoms with Crippen LogP contribution in [0, 0.1) is 17.8 Å². The Hall–Kier alpha value is -0.830. The number of rotatable bonds is 4. The van der Waals surface area contributed by atoms with E-state index in [1.54, 1.807) is 0 Å². The lowest BCUT2D eigenvalue weighted by atomic mass is 9.83. The van der Waals surface area contributed by atoms with Crippen molar-refractivity contribution >= 4 is 0 Å². The Labute approximate surface area is 110 Å². The molecule has 100 valence electrons. The van der Waals surface area contributed by atoms with Crippen LogP contribution in [-0.2, 0) is 13.5 Å². The van der Waals surface area contributed by atoms with Crippen molar-refractivity contribution < 1.29 is 0 Å². The number of hydrogen-bond acceptors (Lipinski definition) is 2. The molecule has 2 bridgehead atoms. The van der Waals surface area contributed by atoms with E-state index in [4.69, 9.17) is 5.73 Å². The maximum Gasteiger partial charge on any atom is 0.0669 e. The Kier molecular flexibility index (Phi) is 3.18. The molecule has 0 amide bonds. The summed E-state index contributed by atoms with van der Waals surface area (Å²) in [6.45, 7) is 2.16. The van der Waals surface area contributed by atoms with Crippen molar-refractivity contribution in [3.63, 3.8) is 0 Å². The Bertz CT molecular complexity index is 423. The largest absolute Gasteiger partial charge is 0.324 e. The number of nitrogens with zero attached hydrogens (tertiary/aromatic N) is 2. The van der Waals surface area contributed by atoms with Crippen LogP contribution in [0.1, 0.15) is 56.3 Å². The predicted octanol–water partition coefficient (Wildman–Crippen LogP) is 2.81. The normalized spacial score (nSPS) is 32.1. The first kappa shape index (κ1) is 12.2. The zero-order valence-electron chi connectivity index (χ0n) is 11.6. The van der Waals surface area contributed by atoms with Gasteiger partial charge in [0, 0.05) is 24.8 Å². The number of hydrogen-bond donors (Lipinski definition) is 1. The Morgan fingerprint density at radius 2 is 2.28 bits per heavy atom. The number of aryl methyl sites for hydroxylation is 2. The van der Waals surface area contributed by atoms with Gasteiger partial charge in [-0.3, -0.25) is 4.68 Å². The van der Waals surface area contributed by atoms with E-state index in [0.717, 1.165) is 24.2 Å². The van der Waals surface area contributed by atoms with E-state index in [9.17, 15) is 0 Å². The highest BCUT2D eigenvalue weighted by atomic mass is 15.3. The first-order valence-electron chi connectivity index (χ1n) is 7.45. The van der Waals surface area contributed by atoms with Crippen LogP contribution < -0.4 is 5.73 Å². The molecule has 3 rings (SSSR count). The second-order valence-electron chi connectivity index (χ2n) is 6.34. The van der Waals surface area contributed by atoms with Gasteiger partial charge in [0.15, 0.2) is 0 Å². The third kappa shape index (κ3) is 2.09. The fourth-order valence-corrected chi connectivity index (χ4v) is 4.26. The highest BCUT2D eigenvalue weighted by Gasteiger charge is 2.40. The minimum Gasteiger partial charge on any atom is -0.324 e. The van der Waals surface area contributed by atoms with Gasteiger partial charge >= 0.3 is 0 Å². The molecule has 4 unspecified atom stereocenters. The topological polar surface area (TPSA) is 43.8 Å². The summed E-state index contributed by atoms with van der Waals surface area (Å²) in [4.78, 5) is 0. The lowest BCUT2D eigenvalue weighted by Gasteiger charge is -2.24. The zero-order valence-corrected chi connectivity index (χ0v) is 11.6. The summed E-state index contributed by atoms with van der Waals surface area (Å²) in [5.74, 6) is 2.87. The molecule has 18 heavy (non-hydrogen) atoms. The van der Waals surface area contributed by atoms with Gasteiger partial charge in [-0.05, 0) is 49.9 Å². The van der Waals surface area contributed by atoms with Crippen LogP contribution in [0.5, 0.6) is 0 Å². The number of nitrogens with two attached hydrogens (primary N) is 1. The first-order valence-corrected chi connectivity index (χ1v) is 7.45. The van der Waals surface area contributed by atoms with Gasteiger partial charge in [0.05, 0.1) is 5.69 Å². The molecular weight excluding hydrogens is 222 g/mol. The van der Waals surface area contributed by atoms with Gasteiger partial charge in [0.1, 0.15) is 0 Å². The van der Waals surface area contributed by atoms with Gasteiger partial charge in [-0.2, -0.15) is 5.10 Å². The van der Waals surface area contributed by atoms with Gasteiger partial charge in [0.2, 0.25) is 0 Å². The monoisotopic (exact) mass is 247 g/mol. The van der Waals surface area contributed by atoms with Gasteiger partial charge in [-0.25, -0.2) is 0 Å². The van der Waals surface area contributed by atoms with Crippen LogP contribution in [0.25, 0.3) is 0 Å². The SMILES string of the molecule is CCc1nn(C)cc1C(N)CC1CC2CCC1C2. The predicted molar refractivity (Wildman–Crippen MR) is 73.1 cm³/mol. The summed E-state index contributed by atoms with van der Waals surface area (Å²) in [6.07, 6.45) is 10.1. The molecule has 2 aliphatic carbocycles. The summed E-state index contributed by atoms with van der Waals surface area (Å²) in [7, 11) is 1.99. The molecule has 0 aliphatic heterocycles. The van der Waals surface area contributed by atoms with Gasteiger partial charge in [-0.15, -0.1) is 0 Å². The van der Waals surface area contributed by atoms with Crippen LogP contribution in [-0.4, -0.2) is 9.78 Å². The van der Waals surface area contributed by atoms with Crippen LogP contribution in [0.15, 0.2) is 6.20 Å². The van der Waals surface area contributed by atoms with Crippen molar-refractivity contribution in [3.05, 3.63) is 17.5 Å². The third-order valence-corrected chi connectivity index (χ3v) is 5.11. The molecule has 1 aromatic rings. The summed E-state index contributed by atoms with van der Waals surface area (Å²) in [5, 5.41) is 4.51. The molecule has 1 heterocycles. The molecule has 2 saturated carbocycles. The van der Waals surface area contributed by atoms with Crippen molar-refractivity contribution in [1.82, 2.24) is 9.78 Å². The Morgan fingerprint density at radius 1 is 1.44 bits per heavy atom. The van der Waals surface area contributed by atoms with Crippen molar-refractivity contribution in [2.75, 3.05) is 0 Å². The summed E-state index contributed by atoms with van der Waals surface area (Å²) < 4.78 is 1.91. The smallest absolute Gasteiger partial charge is 0.0669 e. The zero-order chi connectivity index (χ0) is 12.7. The third-order valence-electron chi connectivity index (χ3n) is 5.11. The molecule has 4 atom stereocenters. The lowest BCUT2D eigenvalue weighted by Crippen LogP contribution is -2.20. The molecule has 3 heteroatoms. The fraction of sp³-hybridized carbons (Fsp3) is 0.800. The molecule has 0 saturated heterocycles. The second kappa shape index (κ2) is 4.69. The highest BCUT2D eigenvalue weighted by molar-refractivity contribution is 5.21. The molecule has 0 spiro atoms. The minimum atomic E-state index is 0.193. The molecule has 2 fully saturated rings. The van der Waals surface area contributed by atoms with Gasteiger partial charge < -0.3 is 5.73 Å². The van der Waals surface area contributed by atoms with Gasteiger partial charge in [0.25, 0.3) is 0 Å². The van der Waals surface area contributed by atoms with E-state index < -0.39 is 0 Å². The highest BCUT2D eigenvalue weighted by Crippen LogP contribution is 2.50. The molecule has 3 nitrogen and oxygen atoms in total. The molecule has 0 radical (unpaired) electrons. The second-order valence-corrected chi connectivity index (χ2v) is 6.34. The van der Waals surface area contributed by atoms with Crippen molar-refractivity contribution in [2.45, 2.75) is 51.5 Å². The number of aromatic nitrogens is 2. The van der Waals surface area contributed by atoms with Crippen molar-refractivity contribution in [3.8, 4) is 0 Å². The van der Waals surface area contributed by atoms with Crippen molar-refractivity contribution in [2.24, 2.45) is 30.5 Å². The van der Waals surface area contributed by atoms with E-state index in [1.807, 2.05) is 11.7 Å². The number of fused-ring (bicyclic) bond motifs is 2. The van der Waals surface area contributed by atoms with Crippen LogP contribution in [0.3, 0.4) is 0 Å². The Morgan fingerprint density at radius 3 is 2.89 bits per heavy atom. The standard InChI is InChI=1S/C15H25N3/c1-3-15-13(9-18(2)17-15)14(16)8-12-7-10-4-5-11(12)6-10/h9-12,14H,3-8,16H2,1-2H3. The molecular formula is C15H25N3. The van der Waals surface area contributed by atoms with E-state index >= 15 is 0 Å². The van der Waals surface area contributed by atoms with Gasteiger partial charge in [-0.1, -0.05) is 13.3 Å². The van der Waals surface area contributed by atoms with Crippen LogP contribution >= 0.6 is 0 Å². The van der Waals surface area contributed by atoms with E-state index in [2.05, 4.69) is 18.2 Å². The molecule has 2 aliphatic rings. The minimum absolute atomic E-state index is 0.193. The lowest BCUT2D eigenvalue weighted by molar-refractivity contribution is 0.296. The average molecular weight is 247 g/mol. The summed E-state index contributed by atoms with van der Waals surface area (Å²) in [5.41, 5.74) is 8.91. The van der Waals surface area contributed by atoms with Crippen LogP contribution in [0.2, 0.25) is 0 Å². The molecule has 0 aromatic carbocycles. The maximum atomic E-state index is 6.44. The van der Waals surface area contributed by atoms with Crippen molar-refractivity contribution in [1.29, 1.82) is 0 Å². The quantitative estimate of drug-likeness (QED) is 0.889. The maximum absolute atomic E-state index is 6.44. The first-order chi connectivity index (χ1) is 8.67. The Balaban J connectivity index is 1.69. The summed E-state index contributed by atoms with van der Waals surface area (Å²) >= 11 is 0. The summed E-state index contributed by atoms with van der Waals surface area (Å²) in [6, 6.07) is 0.193. The van der Waals surface area contributed by atoms with Crippen LogP contribution in [0.4, 0.5) is 0 Å². The van der Waals surface area contributed by atoms with E-state index in [0.29, 0.717) is 0 Å². The average Bonchev–Trinajstić information content (AvgIpc) is 3.02. The van der Waals surface area contributed by atoms with E-state index in [1.165, 1.54) is 43.4 Å².